The molecule has 0 aliphatic heterocycles. The summed E-state index contributed by atoms with van der Waals surface area (Å²) in [6.07, 6.45) is 0. The number of nitrogens with two attached hydrogens (primary N) is 1. The summed E-state index contributed by atoms with van der Waals surface area (Å²) in [4.78, 5) is 0. The average molecular weight is 202 g/mol. The van der Waals surface area contributed by atoms with Crippen molar-refractivity contribution < 1.29 is 0 Å². The summed E-state index contributed by atoms with van der Waals surface area (Å²) in [5.41, 5.74) is 7.65. The summed E-state index contributed by atoms with van der Waals surface area (Å²) in [5, 5.41) is 8.86. The highest BCUT2D eigenvalue weighted by molar-refractivity contribution is 5.36. The van der Waals surface area contributed by atoms with Crippen molar-refractivity contribution in [2.45, 2.75) is 26.2 Å². The average Bonchev–Trinajstić information content (AvgIpc) is 2.27. The lowest BCUT2D eigenvalue weighted by Crippen LogP contribution is -2.37. The lowest BCUT2D eigenvalue weighted by atomic mass is 9.73. The van der Waals surface area contributed by atoms with E-state index < -0.39 is 0 Å². The molecule has 2 N–H and O–H groups in total. The lowest BCUT2D eigenvalue weighted by molar-refractivity contribution is 0.347. The van der Waals surface area contributed by atoms with E-state index in [1.807, 2.05) is 24.3 Å². The minimum absolute atomic E-state index is 0.0488. The first-order chi connectivity index (χ1) is 7.04. The molecule has 1 aromatic carbocycles. The molecule has 2 heteroatoms. The second-order valence-electron chi connectivity index (χ2n) is 4.47. The van der Waals surface area contributed by atoms with Crippen molar-refractivity contribution in [3.63, 3.8) is 0 Å². The summed E-state index contributed by atoms with van der Waals surface area (Å²) in [6, 6.07) is 9.89. The van der Waals surface area contributed by atoms with Gasteiger partial charge in [-0.05, 0) is 23.6 Å². The van der Waals surface area contributed by atoms with Crippen LogP contribution in [0.2, 0.25) is 0 Å². The largest absolute Gasteiger partial charge is 0.330 e. The Morgan fingerprint density at radius 2 is 2.13 bits per heavy atom. The maximum Gasteiger partial charge on any atom is 0.0991 e. The SMILES string of the molecule is CC(C)C(C)(CN)c1cccc(C#N)c1. The zero-order valence-corrected chi connectivity index (χ0v) is 9.62. The number of benzene rings is 1. The second-order valence-corrected chi connectivity index (χ2v) is 4.47. The Morgan fingerprint density at radius 1 is 1.47 bits per heavy atom. The van der Waals surface area contributed by atoms with Crippen molar-refractivity contribution in [1.29, 1.82) is 5.26 Å². The summed E-state index contributed by atoms with van der Waals surface area (Å²) >= 11 is 0. The Morgan fingerprint density at radius 3 is 2.60 bits per heavy atom. The van der Waals surface area contributed by atoms with E-state index in [0.29, 0.717) is 18.0 Å². The van der Waals surface area contributed by atoms with Gasteiger partial charge in [0.25, 0.3) is 0 Å². The van der Waals surface area contributed by atoms with Crippen LogP contribution in [0.15, 0.2) is 24.3 Å². The lowest BCUT2D eigenvalue weighted by Gasteiger charge is -2.33. The highest BCUT2D eigenvalue weighted by Gasteiger charge is 2.28. The molecule has 0 radical (unpaired) electrons. The van der Waals surface area contributed by atoms with Crippen LogP contribution in [0, 0.1) is 17.2 Å². The smallest absolute Gasteiger partial charge is 0.0991 e. The van der Waals surface area contributed by atoms with Crippen LogP contribution >= 0.6 is 0 Å². The third-order valence-corrected chi connectivity index (χ3v) is 3.35. The first-order valence-corrected chi connectivity index (χ1v) is 5.25. The van der Waals surface area contributed by atoms with Crippen LogP contribution in [-0.4, -0.2) is 6.54 Å². The standard InChI is InChI=1S/C13H18N2/c1-10(2)13(3,9-15)12-6-4-5-11(7-12)8-14/h4-7,10H,9,15H2,1-3H3. The molecule has 0 saturated carbocycles. The number of hydrogen-bond donors (Lipinski definition) is 1. The monoisotopic (exact) mass is 202 g/mol. The fourth-order valence-corrected chi connectivity index (χ4v) is 1.63. The molecule has 0 saturated heterocycles. The maximum atomic E-state index is 8.86. The van der Waals surface area contributed by atoms with E-state index in [2.05, 4.69) is 26.8 Å². The molecule has 0 aromatic heterocycles. The normalized spacial score (nSPS) is 14.7. The van der Waals surface area contributed by atoms with E-state index in [1.54, 1.807) is 0 Å². The Kier molecular flexibility index (Phi) is 3.49. The van der Waals surface area contributed by atoms with Crippen LogP contribution in [0.5, 0.6) is 0 Å². The Balaban J connectivity index is 3.19. The number of nitriles is 1. The van der Waals surface area contributed by atoms with Gasteiger partial charge in [-0.2, -0.15) is 5.26 Å². The van der Waals surface area contributed by atoms with Gasteiger partial charge in [-0.25, -0.2) is 0 Å². The minimum Gasteiger partial charge on any atom is -0.330 e. The fourth-order valence-electron chi connectivity index (χ4n) is 1.63. The van der Waals surface area contributed by atoms with Crippen molar-refractivity contribution in [3.8, 4) is 6.07 Å². The molecule has 1 rings (SSSR count). The molecule has 1 atom stereocenters. The van der Waals surface area contributed by atoms with E-state index >= 15 is 0 Å². The molecule has 0 heterocycles. The molecule has 0 bridgehead atoms. The molecule has 0 fully saturated rings. The zero-order valence-electron chi connectivity index (χ0n) is 9.62. The molecule has 0 aliphatic carbocycles. The third kappa shape index (κ3) is 2.19. The predicted molar refractivity (Wildman–Crippen MR) is 62.4 cm³/mol. The van der Waals surface area contributed by atoms with Gasteiger partial charge in [0.05, 0.1) is 11.6 Å². The van der Waals surface area contributed by atoms with Gasteiger partial charge >= 0.3 is 0 Å². The Bertz CT molecular complexity index is 376. The van der Waals surface area contributed by atoms with Crippen LogP contribution in [0.1, 0.15) is 31.9 Å². The fraction of sp³-hybridized carbons (Fsp3) is 0.462. The highest BCUT2D eigenvalue weighted by atomic mass is 14.6. The van der Waals surface area contributed by atoms with Gasteiger partial charge < -0.3 is 5.73 Å². The van der Waals surface area contributed by atoms with Gasteiger partial charge in [-0.15, -0.1) is 0 Å². The van der Waals surface area contributed by atoms with Crippen LogP contribution < -0.4 is 5.73 Å². The topological polar surface area (TPSA) is 49.8 Å². The first-order valence-electron chi connectivity index (χ1n) is 5.25. The summed E-state index contributed by atoms with van der Waals surface area (Å²) in [5.74, 6) is 0.455. The van der Waals surface area contributed by atoms with Crippen LogP contribution in [0.3, 0.4) is 0 Å². The summed E-state index contributed by atoms with van der Waals surface area (Å²) in [6.45, 7) is 7.06. The van der Waals surface area contributed by atoms with Crippen molar-refractivity contribution in [2.24, 2.45) is 11.7 Å². The van der Waals surface area contributed by atoms with Crippen molar-refractivity contribution >= 4 is 0 Å². The molecule has 15 heavy (non-hydrogen) atoms. The molecule has 0 aliphatic rings. The van der Waals surface area contributed by atoms with Crippen LogP contribution in [-0.2, 0) is 5.41 Å². The quantitative estimate of drug-likeness (QED) is 0.818. The Hall–Kier alpha value is -1.33. The van der Waals surface area contributed by atoms with E-state index in [1.165, 1.54) is 0 Å². The number of nitrogens with zero attached hydrogens (tertiary/aromatic N) is 1. The zero-order chi connectivity index (χ0) is 11.5. The molecule has 1 unspecified atom stereocenters. The molecule has 80 valence electrons. The van der Waals surface area contributed by atoms with Crippen molar-refractivity contribution in [3.05, 3.63) is 35.4 Å². The maximum absolute atomic E-state index is 8.86. The van der Waals surface area contributed by atoms with Gasteiger partial charge in [0.15, 0.2) is 0 Å². The summed E-state index contributed by atoms with van der Waals surface area (Å²) < 4.78 is 0. The van der Waals surface area contributed by atoms with Gasteiger partial charge in [0.2, 0.25) is 0 Å². The molecule has 0 amide bonds. The van der Waals surface area contributed by atoms with Crippen LogP contribution in [0.4, 0.5) is 0 Å². The van der Waals surface area contributed by atoms with Gasteiger partial charge in [-0.1, -0.05) is 32.9 Å². The van der Waals surface area contributed by atoms with E-state index in [9.17, 15) is 0 Å². The number of hydrogen-bond acceptors (Lipinski definition) is 2. The van der Waals surface area contributed by atoms with E-state index in [0.717, 1.165) is 5.56 Å². The first kappa shape index (κ1) is 11.7. The van der Waals surface area contributed by atoms with Gasteiger partial charge in [0.1, 0.15) is 0 Å². The third-order valence-electron chi connectivity index (χ3n) is 3.35. The van der Waals surface area contributed by atoms with E-state index in [4.69, 9.17) is 11.0 Å². The predicted octanol–water partition coefficient (Wildman–Crippen LogP) is 2.43. The number of rotatable bonds is 3. The van der Waals surface area contributed by atoms with Crippen LogP contribution in [0.25, 0.3) is 0 Å². The molecule has 1 aromatic rings. The van der Waals surface area contributed by atoms with Crippen molar-refractivity contribution in [1.82, 2.24) is 0 Å². The van der Waals surface area contributed by atoms with Gasteiger partial charge in [-0.3, -0.25) is 0 Å². The molecule has 0 spiro atoms. The molecular weight excluding hydrogens is 184 g/mol. The van der Waals surface area contributed by atoms with Crippen molar-refractivity contribution in [2.75, 3.05) is 6.54 Å². The highest BCUT2D eigenvalue weighted by Crippen LogP contribution is 2.31. The van der Waals surface area contributed by atoms with E-state index in [-0.39, 0.29) is 5.41 Å². The molecular formula is C13H18N2. The Labute approximate surface area is 91.7 Å². The molecule has 2 nitrogen and oxygen atoms in total. The summed E-state index contributed by atoms with van der Waals surface area (Å²) in [7, 11) is 0. The minimum atomic E-state index is -0.0488. The second kappa shape index (κ2) is 4.46. The van der Waals surface area contributed by atoms with Gasteiger partial charge in [0, 0.05) is 12.0 Å².